The molecule has 1 fully saturated rings. The minimum Gasteiger partial charge on any atom is -0.489 e. The van der Waals surface area contributed by atoms with Gasteiger partial charge < -0.3 is 19.1 Å². The Labute approximate surface area is 244 Å². The zero-order chi connectivity index (χ0) is 28.0. The molecule has 4 heteroatoms. The second-order valence-corrected chi connectivity index (χ2v) is 11.0. The van der Waals surface area contributed by atoms with Crippen LogP contribution in [-0.4, -0.2) is 33.6 Å². The topological polar surface area (TPSA) is 30.9 Å². The molecule has 41 heavy (non-hydrogen) atoms. The molecule has 0 atom stereocenters. The van der Waals surface area contributed by atoms with Crippen LogP contribution in [-0.2, 0) is 22.5 Å². The number of hydrogen-bond acceptors (Lipinski definition) is 4. The number of anilines is 1. The van der Waals surface area contributed by atoms with Crippen LogP contribution in [0.5, 0.6) is 5.75 Å². The Morgan fingerprint density at radius 1 is 0.732 bits per heavy atom. The molecule has 4 aromatic rings. The van der Waals surface area contributed by atoms with Crippen LogP contribution in [0.25, 0.3) is 11.1 Å². The summed E-state index contributed by atoms with van der Waals surface area (Å²) >= 11 is 0. The minimum atomic E-state index is -0.113. The highest BCUT2D eigenvalue weighted by Gasteiger charge is 2.27. The van der Waals surface area contributed by atoms with Crippen LogP contribution in [0.2, 0.25) is 0 Å². The summed E-state index contributed by atoms with van der Waals surface area (Å²) in [6.07, 6.45) is 4.03. The molecule has 6 rings (SSSR count). The van der Waals surface area contributed by atoms with E-state index in [0.717, 1.165) is 44.5 Å². The van der Waals surface area contributed by atoms with Gasteiger partial charge in [-0.05, 0) is 88.9 Å². The summed E-state index contributed by atoms with van der Waals surface area (Å²) in [6.45, 7) is 2.60. The number of benzene rings is 4. The lowest BCUT2D eigenvalue weighted by Crippen LogP contribution is -2.39. The number of rotatable bonds is 9. The van der Waals surface area contributed by atoms with Gasteiger partial charge in [-0.3, -0.25) is 0 Å². The van der Waals surface area contributed by atoms with E-state index in [4.69, 9.17) is 14.2 Å². The molecule has 0 bridgehead atoms. The highest BCUT2D eigenvalue weighted by Crippen LogP contribution is 2.42. The van der Waals surface area contributed by atoms with Crippen LogP contribution in [0.3, 0.4) is 0 Å². The van der Waals surface area contributed by atoms with Gasteiger partial charge in [0.25, 0.3) is 0 Å². The maximum absolute atomic E-state index is 6.19. The highest BCUT2D eigenvalue weighted by molar-refractivity contribution is 6.01. The van der Waals surface area contributed by atoms with E-state index in [-0.39, 0.29) is 6.29 Å². The third-order valence-corrected chi connectivity index (χ3v) is 8.57. The Kier molecular flexibility index (Phi) is 8.50. The second kappa shape index (κ2) is 12.8. The van der Waals surface area contributed by atoms with Crippen LogP contribution in [0.4, 0.5) is 5.69 Å². The van der Waals surface area contributed by atoms with Crippen molar-refractivity contribution in [1.29, 1.82) is 0 Å². The molecule has 4 aromatic carbocycles. The Bertz CT molecular complexity index is 1450. The molecule has 1 heterocycles. The van der Waals surface area contributed by atoms with Gasteiger partial charge in [0.05, 0.1) is 0 Å². The van der Waals surface area contributed by atoms with Crippen molar-refractivity contribution in [3.05, 3.63) is 131 Å². The molecule has 0 spiro atoms. The largest absolute Gasteiger partial charge is 0.489 e. The Hall–Kier alpha value is -3.86. The van der Waals surface area contributed by atoms with Crippen LogP contribution < -0.4 is 9.64 Å². The van der Waals surface area contributed by atoms with E-state index in [1.165, 1.54) is 44.7 Å². The molecular weight excluding hydrogens is 506 g/mol. The van der Waals surface area contributed by atoms with Crippen LogP contribution in [0.1, 0.15) is 47.1 Å². The van der Waals surface area contributed by atoms with Crippen molar-refractivity contribution in [3.8, 4) is 5.75 Å². The van der Waals surface area contributed by atoms with Gasteiger partial charge in [0.2, 0.25) is 0 Å². The summed E-state index contributed by atoms with van der Waals surface area (Å²) in [5.41, 5.74) is 10.4. The smallest absolute Gasteiger partial charge is 0.159 e. The zero-order valence-corrected chi connectivity index (χ0v) is 24.1. The van der Waals surface area contributed by atoms with Crippen molar-refractivity contribution in [1.82, 2.24) is 0 Å². The standard InChI is InChI=1S/C37H39NO3/c1-39-37(40-2)30-21-23-38(24-22-30)32-16-13-29(14-17-32)36-34(28-11-7-4-8-12-28)19-15-31-25-33(18-20-35(31)36)41-26-27-9-5-3-6-10-27/h3-14,16-18,20,25,30,37H,15,19,21-24,26H2,1-2H3. The molecule has 2 aliphatic rings. The zero-order valence-electron chi connectivity index (χ0n) is 24.1. The molecule has 1 saturated heterocycles. The molecule has 210 valence electrons. The van der Waals surface area contributed by atoms with Crippen molar-refractivity contribution < 1.29 is 14.2 Å². The summed E-state index contributed by atoms with van der Waals surface area (Å²) in [4.78, 5) is 2.49. The van der Waals surface area contributed by atoms with Gasteiger partial charge in [0.15, 0.2) is 6.29 Å². The van der Waals surface area contributed by atoms with E-state index < -0.39 is 0 Å². The lowest BCUT2D eigenvalue weighted by atomic mass is 9.79. The number of allylic oxidation sites excluding steroid dienone is 1. The van der Waals surface area contributed by atoms with Crippen molar-refractivity contribution in [2.24, 2.45) is 5.92 Å². The first-order valence-corrected chi connectivity index (χ1v) is 14.7. The monoisotopic (exact) mass is 545 g/mol. The maximum Gasteiger partial charge on any atom is 0.159 e. The molecule has 0 N–H and O–H groups in total. The predicted molar refractivity (Wildman–Crippen MR) is 167 cm³/mol. The molecule has 1 aliphatic carbocycles. The summed E-state index contributed by atoms with van der Waals surface area (Å²) in [6, 6.07) is 37.0. The fourth-order valence-corrected chi connectivity index (χ4v) is 6.41. The minimum absolute atomic E-state index is 0.113. The number of piperidine rings is 1. The fraction of sp³-hybridized carbons (Fsp3) is 0.297. The first kappa shape index (κ1) is 27.3. The predicted octanol–water partition coefficient (Wildman–Crippen LogP) is 8.01. The van der Waals surface area contributed by atoms with Gasteiger partial charge >= 0.3 is 0 Å². The molecule has 4 nitrogen and oxygen atoms in total. The van der Waals surface area contributed by atoms with E-state index in [9.17, 15) is 0 Å². The number of aryl methyl sites for hydroxylation is 1. The summed E-state index contributed by atoms with van der Waals surface area (Å²) in [7, 11) is 3.47. The van der Waals surface area contributed by atoms with Gasteiger partial charge in [-0.25, -0.2) is 0 Å². The first-order valence-electron chi connectivity index (χ1n) is 14.7. The van der Waals surface area contributed by atoms with E-state index in [2.05, 4.69) is 102 Å². The third kappa shape index (κ3) is 6.09. The van der Waals surface area contributed by atoms with Crippen LogP contribution in [0.15, 0.2) is 103 Å². The second-order valence-electron chi connectivity index (χ2n) is 11.0. The van der Waals surface area contributed by atoms with Crippen molar-refractivity contribution >= 4 is 16.8 Å². The molecule has 0 amide bonds. The summed E-state index contributed by atoms with van der Waals surface area (Å²) in [5, 5.41) is 0. The van der Waals surface area contributed by atoms with Crippen molar-refractivity contribution in [3.63, 3.8) is 0 Å². The van der Waals surface area contributed by atoms with Crippen molar-refractivity contribution in [2.75, 3.05) is 32.2 Å². The highest BCUT2D eigenvalue weighted by atomic mass is 16.7. The van der Waals surface area contributed by atoms with Gasteiger partial charge in [-0.2, -0.15) is 0 Å². The van der Waals surface area contributed by atoms with Crippen LogP contribution in [0, 0.1) is 5.92 Å². The van der Waals surface area contributed by atoms with E-state index in [1.807, 2.05) is 6.07 Å². The number of fused-ring (bicyclic) bond motifs is 1. The lowest BCUT2D eigenvalue weighted by Gasteiger charge is -2.36. The fourth-order valence-electron chi connectivity index (χ4n) is 6.41. The number of hydrogen-bond donors (Lipinski definition) is 0. The molecule has 0 saturated carbocycles. The summed E-state index contributed by atoms with van der Waals surface area (Å²) < 4.78 is 17.2. The third-order valence-electron chi connectivity index (χ3n) is 8.57. The number of nitrogens with zero attached hydrogens (tertiary/aromatic N) is 1. The first-order chi connectivity index (χ1) is 20.2. The molecule has 1 aliphatic heterocycles. The van der Waals surface area contributed by atoms with Gasteiger partial charge in [0.1, 0.15) is 12.4 Å². The van der Waals surface area contributed by atoms with Gasteiger partial charge in [0, 0.05) is 38.9 Å². The Morgan fingerprint density at radius 2 is 1.41 bits per heavy atom. The summed E-state index contributed by atoms with van der Waals surface area (Å²) in [5.74, 6) is 1.37. The van der Waals surface area contributed by atoms with Gasteiger partial charge in [-0.15, -0.1) is 0 Å². The SMILES string of the molecule is COC(OC)C1CCN(c2ccc(C3=C(c4ccccc4)CCc4cc(OCc5ccccc5)ccc43)cc2)CC1. The lowest BCUT2D eigenvalue weighted by molar-refractivity contribution is -0.141. The van der Waals surface area contributed by atoms with Crippen molar-refractivity contribution in [2.45, 2.75) is 38.6 Å². The Balaban J connectivity index is 1.27. The number of methoxy groups -OCH3 is 2. The molecule has 0 radical (unpaired) electrons. The van der Waals surface area contributed by atoms with E-state index in [0.29, 0.717) is 12.5 Å². The Morgan fingerprint density at radius 3 is 2.10 bits per heavy atom. The maximum atomic E-state index is 6.19. The quantitative estimate of drug-likeness (QED) is 0.199. The number of ether oxygens (including phenoxy) is 3. The molecule has 0 unspecified atom stereocenters. The average molecular weight is 546 g/mol. The van der Waals surface area contributed by atoms with E-state index >= 15 is 0 Å². The molecular formula is C37H39NO3. The van der Waals surface area contributed by atoms with E-state index in [1.54, 1.807) is 14.2 Å². The molecule has 0 aromatic heterocycles. The van der Waals surface area contributed by atoms with Crippen LogP contribution >= 0.6 is 0 Å². The average Bonchev–Trinajstić information content (AvgIpc) is 3.05. The van der Waals surface area contributed by atoms with Gasteiger partial charge in [-0.1, -0.05) is 78.9 Å². The normalized spacial score (nSPS) is 15.7.